The van der Waals surface area contributed by atoms with Crippen molar-refractivity contribution in [1.82, 2.24) is 5.32 Å². The fourth-order valence-corrected chi connectivity index (χ4v) is 3.19. The molecule has 9 heteroatoms. The van der Waals surface area contributed by atoms with Crippen molar-refractivity contribution in [3.63, 3.8) is 0 Å². The minimum absolute atomic E-state index is 0.113. The number of nitrogens with zero attached hydrogens (tertiary/aromatic N) is 1. The van der Waals surface area contributed by atoms with Gasteiger partial charge >= 0.3 is 6.03 Å². The maximum atomic E-state index is 12.8. The van der Waals surface area contributed by atoms with Crippen molar-refractivity contribution in [1.29, 1.82) is 0 Å². The maximum Gasteiger partial charge on any atom is 0.328 e. The first-order chi connectivity index (χ1) is 12.9. The molecule has 2 aromatic rings. The molecule has 2 aromatic carbocycles. The molecule has 4 amide bonds. The molecule has 27 heavy (non-hydrogen) atoms. The zero-order valence-corrected chi connectivity index (χ0v) is 15.7. The molecule has 0 radical (unpaired) electrons. The molecule has 1 atom stereocenters. The lowest BCUT2D eigenvalue weighted by Crippen LogP contribution is -2.58. The predicted octanol–water partition coefficient (Wildman–Crippen LogP) is 3.31. The molecule has 0 saturated carbocycles. The normalized spacial score (nSPS) is 16.7. The van der Waals surface area contributed by atoms with E-state index in [1.807, 2.05) is 0 Å². The summed E-state index contributed by atoms with van der Waals surface area (Å²) < 4.78 is 5.12. The first kappa shape index (κ1) is 19.0. The Hall–Kier alpha value is -2.77. The van der Waals surface area contributed by atoms with Crippen molar-refractivity contribution >= 4 is 52.4 Å². The van der Waals surface area contributed by atoms with Gasteiger partial charge in [-0.15, -0.1) is 0 Å². The molecule has 0 bridgehead atoms. The molecular formula is C18H15Cl2N3O4. The van der Waals surface area contributed by atoms with Gasteiger partial charge in [0.25, 0.3) is 0 Å². The Morgan fingerprint density at radius 2 is 1.89 bits per heavy atom. The van der Waals surface area contributed by atoms with Crippen molar-refractivity contribution in [3.8, 4) is 5.75 Å². The highest BCUT2D eigenvalue weighted by Crippen LogP contribution is 2.26. The number of amides is 4. The van der Waals surface area contributed by atoms with Crippen LogP contribution in [0.4, 0.5) is 16.2 Å². The van der Waals surface area contributed by atoms with E-state index in [1.165, 1.54) is 31.4 Å². The third-order valence-electron chi connectivity index (χ3n) is 3.94. The number of carbonyl (C=O) groups excluding carboxylic acids is 3. The summed E-state index contributed by atoms with van der Waals surface area (Å²) in [4.78, 5) is 38.5. The van der Waals surface area contributed by atoms with Crippen LogP contribution >= 0.6 is 23.2 Å². The average Bonchev–Trinajstić information content (AvgIpc) is 2.61. The number of anilines is 2. The Balaban J connectivity index is 1.83. The Morgan fingerprint density at radius 1 is 1.19 bits per heavy atom. The van der Waals surface area contributed by atoms with Crippen LogP contribution in [0, 0.1) is 5.92 Å². The van der Waals surface area contributed by atoms with E-state index < -0.39 is 23.8 Å². The monoisotopic (exact) mass is 407 g/mol. The molecule has 1 unspecified atom stereocenters. The van der Waals surface area contributed by atoms with E-state index in [2.05, 4.69) is 10.6 Å². The summed E-state index contributed by atoms with van der Waals surface area (Å²) in [5, 5.41) is 5.84. The fourth-order valence-electron chi connectivity index (χ4n) is 2.67. The smallest absolute Gasteiger partial charge is 0.328 e. The van der Waals surface area contributed by atoms with E-state index in [1.54, 1.807) is 18.2 Å². The highest BCUT2D eigenvalue weighted by Gasteiger charge is 2.39. The number of imide groups is 1. The number of benzene rings is 2. The fraction of sp³-hybridized carbons (Fsp3) is 0.167. The molecule has 1 aliphatic heterocycles. The molecule has 1 aliphatic rings. The van der Waals surface area contributed by atoms with E-state index in [0.717, 1.165) is 4.90 Å². The van der Waals surface area contributed by atoms with Crippen molar-refractivity contribution in [2.75, 3.05) is 23.9 Å². The number of urea groups is 1. The molecule has 0 aliphatic carbocycles. The van der Waals surface area contributed by atoms with Crippen molar-refractivity contribution in [3.05, 3.63) is 52.5 Å². The predicted molar refractivity (Wildman–Crippen MR) is 102 cm³/mol. The van der Waals surface area contributed by atoms with Crippen LogP contribution in [0.2, 0.25) is 10.0 Å². The number of methoxy groups -OCH3 is 1. The number of hydrogen-bond donors (Lipinski definition) is 2. The molecule has 1 heterocycles. The van der Waals surface area contributed by atoms with Gasteiger partial charge in [-0.05, 0) is 30.3 Å². The molecule has 140 valence electrons. The Morgan fingerprint density at radius 3 is 2.56 bits per heavy atom. The largest absolute Gasteiger partial charge is 0.497 e. The molecule has 1 fully saturated rings. The Bertz CT molecular complexity index is 899. The van der Waals surface area contributed by atoms with Crippen LogP contribution in [-0.2, 0) is 9.59 Å². The Kier molecular flexibility index (Phi) is 5.53. The number of rotatable bonds is 4. The molecule has 2 N–H and O–H groups in total. The maximum absolute atomic E-state index is 12.8. The number of nitrogens with one attached hydrogen (secondary N) is 2. The first-order valence-corrected chi connectivity index (χ1v) is 8.67. The standard InChI is InChI=1S/C18H15Cl2N3O4/c1-27-14-4-2-3-13(8-14)23-17(25)15(9-21-18(23)26)16(24)22-12-6-10(19)5-11(20)7-12/h2-8,15H,9H2,1H3,(H,21,26)(H,22,24). The second kappa shape index (κ2) is 7.85. The average molecular weight is 408 g/mol. The highest BCUT2D eigenvalue weighted by atomic mass is 35.5. The van der Waals surface area contributed by atoms with Gasteiger partial charge in [0.1, 0.15) is 11.7 Å². The molecule has 7 nitrogen and oxygen atoms in total. The molecular weight excluding hydrogens is 393 g/mol. The Labute approximate surface area is 165 Å². The van der Waals surface area contributed by atoms with Gasteiger partial charge in [0.05, 0.1) is 12.8 Å². The lowest BCUT2D eigenvalue weighted by molar-refractivity contribution is -0.130. The van der Waals surface area contributed by atoms with Gasteiger partial charge in [0, 0.05) is 28.3 Å². The topological polar surface area (TPSA) is 87.7 Å². The van der Waals surface area contributed by atoms with Gasteiger partial charge in [-0.25, -0.2) is 9.69 Å². The minimum atomic E-state index is -1.10. The number of hydrogen-bond acceptors (Lipinski definition) is 4. The van der Waals surface area contributed by atoms with Gasteiger partial charge in [0.15, 0.2) is 0 Å². The zero-order chi connectivity index (χ0) is 19.6. The van der Waals surface area contributed by atoms with E-state index in [9.17, 15) is 14.4 Å². The summed E-state index contributed by atoms with van der Waals surface area (Å²) >= 11 is 11.8. The number of halogens is 2. The summed E-state index contributed by atoms with van der Waals surface area (Å²) in [6.45, 7) is -0.113. The third kappa shape index (κ3) is 4.15. The summed E-state index contributed by atoms with van der Waals surface area (Å²) in [7, 11) is 1.48. The highest BCUT2D eigenvalue weighted by molar-refractivity contribution is 6.35. The molecule has 3 rings (SSSR count). The summed E-state index contributed by atoms with van der Waals surface area (Å²) in [6, 6.07) is 10.4. The SMILES string of the molecule is COc1cccc(N2C(=O)NCC(C(=O)Nc3cc(Cl)cc(Cl)c3)C2=O)c1. The van der Waals surface area contributed by atoms with Crippen molar-refractivity contribution in [2.45, 2.75) is 0 Å². The van der Waals surface area contributed by atoms with Crippen LogP contribution in [-0.4, -0.2) is 31.5 Å². The minimum Gasteiger partial charge on any atom is -0.497 e. The van der Waals surface area contributed by atoms with E-state index in [4.69, 9.17) is 27.9 Å². The molecule has 0 spiro atoms. The summed E-state index contributed by atoms with van der Waals surface area (Å²) in [6.07, 6.45) is 0. The first-order valence-electron chi connectivity index (χ1n) is 7.92. The second-order valence-corrected chi connectivity index (χ2v) is 6.63. The molecule has 1 saturated heterocycles. The van der Waals surface area contributed by atoms with Gasteiger partial charge in [-0.3, -0.25) is 9.59 Å². The van der Waals surface area contributed by atoms with Crippen molar-refractivity contribution < 1.29 is 19.1 Å². The van der Waals surface area contributed by atoms with E-state index >= 15 is 0 Å². The van der Waals surface area contributed by atoms with Gasteiger partial charge in [-0.2, -0.15) is 0 Å². The zero-order valence-electron chi connectivity index (χ0n) is 14.2. The van der Waals surface area contributed by atoms with Crippen LogP contribution in [0.15, 0.2) is 42.5 Å². The van der Waals surface area contributed by atoms with Crippen LogP contribution < -0.4 is 20.3 Å². The number of carbonyl (C=O) groups is 3. The molecule has 0 aromatic heterocycles. The number of ether oxygens (including phenoxy) is 1. The quantitative estimate of drug-likeness (QED) is 0.760. The third-order valence-corrected chi connectivity index (χ3v) is 4.37. The van der Waals surface area contributed by atoms with Gasteiger partial charge < -0.3 is 15.4 Å². The van der Waals surface area contributed by atoms with Crippen LogP contribution in [0.25, 0.3) is 0 Å². The summed E-state index contributed by atoms with van der Waals surface area (Å²) in [5.74, 6) is -1.84. The van der Waals surface area contributed by atoms with Crippen LogP contribution in [0.3, 0.4) is 0 Å². The van der Waals surface area contributed by atoms with E-state index in [-0.39, 0.29) is 6.54 Å². The van der Waals surface area contributed by atoms with Gasteiger partial charge in [0.2, 0.25) is 11.8 Å². The van der Waals surface area contributed by atoms with Crippen molar-refractivity contribution in [2.24, 2.45) is 5.92 Å². The summed E-state index contributed by atoms with van der Waals surface area (Å²) in [5.41, 5.74) is 0.662. The lowest BCUT2D eigenvalue weighted by Gasteiger charge is -2.30. The van der Waals surface area contributed by atoms with Crippen LogP contribution in [0.1, 0.15) is 0 Å². The van der Waals surface area contributed by atoms with Crippen LogP contribution in [0.5, 0.6) is 5.75 Å². The second-order valence-electron chi connectivity index (χ2n) is 5.76. The van der Waals surface area contributed by atoms with Gasteiger partial charge in [-0.1, -0.05) is 29.3 Å². The van der Waals surface area contributed by atoms with E-state index in [0.29, 0.717) is 27.2 Å². The lowest BCUT2D eigenvalue weighted by atomic mass is 10.0.